The standard InChI is InChI=1S/C23H26N6O2/c1-3-31-22(30)16-12-24-23(25-13-16)27-10-8-15(9-11-27)20-28-21(29(20)28)18-14-26(2)19-7-5-4-6-17(18)19/h4-7,12-15,20-21H,3,8-11H2,1-2H3. The van der Waals surface area contributed by atoms with E-state index in [1.165, 1.54) is 16.5 Å². The third-order valence-corrected chi connectivity index (χ3v) is 6.80. The minimum atomic E-state index is -0.371. The molecule has 0 spiro atoms. The van der Waals surface area contributed by atoms with Crippen LogP contribution in [-0.2, 0) is 11.8 Å². The Labute approximate surface area is 181 Å². The molecule has 2 atom stereocenters. The van der Waals surface area contributed by atoms with Gasteiger partial charge in [-0.1, -0.05) is 18.2 Å². The van der Waals surface area contributed by atoms with Gasteiger partial charge in [0.1, 0.15) is 6.17 Å². The third kappa shape index (κ3) is 3.01. The number of hydrogen-bond acceptors (Lipinski definition) is 7. The van der Waals surface area contributed by atoms with E-state index in [0.717, 1.165) is 25.9 Å². The normalized spacial score (nSPS) is 27.2. The molecule has 5 heterocycles. The summed E-state index contributed by atoms with van der Waals surface area (Å²) in [6.07, 6.45) is 8.69. The second kappa shape index (κ2) is 7.03. The summed E-state index contributed by atoms with van der Waals surface area (Å²) in [5, 5.41) is 6.40. The number of aryl methyl sites for hydroxylation is 1. The van der Waals surface area contributed by atoms with Crippen LogP contribution >= 0.6 is 0 Å². The van der Waals surface area contributed by atoms with E-state index in [9.17, 15) is 4.79 Å². The molecule has 0 N–H and O–H groups in total. The van der Waals surface area contributed by atoms with Crippen molar-refractivity contribution in [1.82, 2.24) is 24.6 Å². The maximum atomic E-state index is 11.8. The van der Waals surface area contributed by atoms with Crippen molar-refractivity contribution in [2.24, 2.45) is 13.0 Å². The Hall–Kier alpha value is -2.97. The highest BCUT2D eigenvalue weighted by Crippen LogP contribution is 2.63. The Morgan fingerprint density at radius 2 is 1.84 bits per heavy atom. The highest BCUT2D eigenvalue weighted by Gasteiger charge is 2.72. The van der Waals surface area contributed by atoms with Crippen LogP contribution in [0.3, 0.4) is 0 Å². The minimum absolute atomic E-state index is 0.352. The number of fused-ring (bicyclic) bond motifs is 2. The number of anilines is 1. The van der Waals surface area contributed by atoms with Crippen molar-refractivity contribution in [2.75, 3.05) is 24.6 Å². The quantitative estimate of drug-likeness (QED) is 0.466. The van der Waals surface area contributed by atoms with Crippen LogP contribution in [0, 0.1) is 5.92 Å². The van der Waals surface area contributed by atoms with Gasteiger partial charge >= 0.3 is 5.97 Å². The van der Waals surface area contributed by atoms with Gasteiger partial charge in [0.2, 0.25) is 5.95 Å². The van der Waals surface area contributed by atoms with Gasteiger partial charge in [-0.05, 0) is 31.7 Å². The molecule has 3 aromatic rings. The van der Waals surface area contributed by atoms with E-state index in [1.54, 1.807) is 19.3 Å². The lowest BCUT2D eigenvalue weighted by atomic mass is 9.93. The van der Waals surface area contributed by atoms with Crippen molar-refractivity contribution in [1.29, 1.82) is 0 Å². The zero-order valence-electron chi connectivity index (χ0n) is 17.8. The molecule has 2 aromatic heterocycles. The number of esters is 1. The first kappa shape index (κ1) is 18.8. The Morgan fingerprint density at radius 3 is 2.55 bits per heavy atom. The van der Waals surface area contributed by atoms with Gasteiger partial charge in [-0.15, -0.1) is 0 Å². The van der Waals surface area contributed by atoms with Crippen LogP contribution in [0.2, 0.25) is 0 Å². The van der Waals surface area contributed by atoms with Crippen molar-refractivity contribution in [3.05, 3.63) is 54.0 Å². The number of carbonyl (C=O) groups excluding carboxylic acids is 1. The predicted molar refractivity (Wildman–Crippen MR) is 116 cm³/mol. The highest BCUT2D eigenvalue weighted by atomic mass is 16.5. The zero-order chi connectivity index (χ0) is 21.1. The number of ether oxygens (including phenoxy) is 1. The number of nitrogens with zero attached hydrogens (tertiary/aromatic N) is 6. The molecule has 2 unspecified atom stereocenters. The molecule has 0 aliphatic carbocycles. The molecule has 3 aliphatic rings. The number of carbonyl (C=O) groups is 1. The molecule has 0 radical (unpaired) electrons. The van der Waals surface area contributed by atoms with Crippen molar-refractivity contribution >= 4 is 22.8 Å². The van der Waals surface area contributed by atoms with Crippen LogP contribution in [0.25, 0.3) is 10.9 Å². The number of piperidine rings is 1. The molecular formula is C23H26N6O2. The summed E-state index contributed by atoms with van der Waals surface area (Å²) in [6, 6.07) is 8.64. The summed E-state index contributed by atoms with van der Waals surface area (Å²) in [6.45, 7) is 4.03. The molecule has 6 rings (SSSR count). The maximum absolute atomic E-state index is 11.8. The largest absolute Gasteiger partial charge is 0.462 e. The lowest BCUT2D eigenvalue weighted by Gasteiger charge is -2.32. The first-order chi connectivity index (χ1) is 15.2. The van der Waals surface area contributed by atoms with E-state index in [1.807, 2.05) is 0 Å². The summed E-state index contributed by atoms with van der Waals surface area (Å²) in [5.74, 6) is 1.01. The van der Waals surface area contributed by atoms with Crippen molar-refractivity contribution < 1.29 is 9.53 Å². The molecule has 31 heavy (non-hydrogen) atoms. The van der Waals surface area contributed by atoms with E-state index in [0.29, 0.717) is 36.4 Å². The predicted octanol–water partition coefficient (Wildman–Crippen LogP) is 2.93. The molecule has 1 aromatic carbocycles. The lowest BCUT2D eigenvalue weighted by molar-refractivity contribution is 0.0525. The van der Waals surface area contributed by atoms with Crippen LogP contribution < -0.4 is 4.90 Å². The van der Waals surface area contributed by atoms with Crippen LogP contribution in [0.1, 0.15) is 41.9 Å². The molecular weight excluding hydrogens is 392 g/mol. The minimum Gasteiger partial charge on any atom is -0.462 e. The molecule has 3 saturated heterocycles. The van der Waals surface area contributed by atoms with E-state index >= 15 is 0 Å². The molecule has 8 nitrogen and oxygen atoms in total. The maximum Gasteiger partial charge on any atom is 0.341 e. The van der Waals surface area contributed by atoms with Gasteiger partial charge < -0.3 is 14.2 Å². The van der Waals surface area contributed by atoms with Gasteiger partial charge in [0.05, 0.1) is 18.3 Å². The smallest absolute Gasteiger partial charge is 0.341 e. The zero-order valence-corrected chi connectivity index (χ0v) is 17.8. The number of benzene rings is 1. The van der Waals surface area contributed by atoms with Crippen LogP contribution in [0.5, 0.6) is 0 Å². The van der Waals surface area contributed by atoms with Crippen molar-refractivity contribution in [3.8, 4) is 0 Å². The number of aromatic nitrogens is 3. The average Bonchev–Trinajstić information content (AvgIpc) is 3.69. The van der Waals surface area contributed by atoms with E-state index in [-0.39, 0.29) is 5.97 Å². The van der Waals surface area contributed by atoms with Crippen LogP contribution in [0.4, 0.5) is 5.95 Å². The topological polar surface area (TPSA) is 66.3 Å². The van der Waals surface area contributed by atoms with E-state index in [2.05, 4.69) is 67.0 Å². The Kier molecular flexibility index (Phi) is 4.26. The summed E-state index contributed by atoms with van der Waals surface area (Å²) in [7, 11) is 2.12. The summed E-state index contributed by atoms with van der Waals surface area (Å²) >= 11 is 0. The molecule has 3 fully saturated rings. The highest BCUT2D eigenvalue weighted by molar-refractivity contribution is 5.88. The Bertz CT molecular complexity index is 1120. The number of hydrogen-bond donors (Lipinski definition) is 0. The third-order valence-electron chi connectivity index (χ3n) is 6.80. The van der Waals surface area contributed by atoms with Gasteiger partial charge in [-0.3, -0.25) is 0 Å². The molecule has 160 valence electrons. The Balaban J connectivity index is 1.05. The fourth-order valence-electron chi connectivity index (χ4n) is 5.13. The monoisotopic (exact) mass is 418 g/mol. The molecule has 0 bridgehead atoms. The first-order valence-corrected chi connectivity index (χ1v) is 11.0. The lowest BCUT2D eigenvalue weighted by Crippen LogP contribution is -2.38. The molecule has 3 aliphatic heterocycles. The second-order valence-corrected chi connectivity index (χ2v) is 8.58. The van der Waals surface area contributed by atoms with Gasteiger partial charge in [-0.2, -0.15) is 10.0 Å². The number of para-hydroxylation sites is 1. The van der Waals surface area contributed by atoms with Crippen molar-refractivity contribution in [3.63, 3.8) is 0 Å². The summed E-state index contributed by atoms with van der Waals surface area (Å²) in [5.41, 5.74) is 3.12. The van der Waals surface area contributed by atoms with Crippen molar-refractivity contribution in [2.45, 2.75) is 32.1 Å². The Morgan fingerprint density at radius 1 is 1.13 bits per heavy atom. The first-order valence-electron chi connectivity index (χ1n) is 11.0. The summed E-state index contributed by atoms with van der Waals surface area (Å²) in [4.78, 5) is 22.8. The van der Waals surface area contributed by atoms with E-state index in [4.69, 9.17) is 4.74 Å². The summed E-state index contributed by atoms with van der Waals surface area (Å²) < 4.78 is 7.22. The van der Waals surface area contributed by atoms with Crippen LogP contribution in [0.15, 0.2) is 42.9 Å². The molecule has 0 saturated carbocycles. The molecule has 8 heteroatoms. The van der Waals surface area contributed by atoms with Gasteiger partial charge in [0.25, 0.3) is 0 Å². The fourth-order valence-corrected chi connectivity index (χ4v) is 5.13. The van der Waals surface area contributed by atoms with Crippen LogP contribution in [-0.4, -0.2) is 56.4 Å². The number of hydrazine groups is 1. The number of rotatable bonds is 5. The van der Waals surface area contributed by atoms with Gasteiger partial charge in [0.15, 0.2) is 0 Å². The second-order valence-electron chi connectivity index (χ2n) is 8.58. The molecule has 0 amide bonds. The SMILES string of the molecule is CCOC(=O)c1cnc(N2CCC(C3N4C(c5cn(C)c6ccccc56)N34)CC2)nc1. The van der Waals surface area contributed by atoms with Gasteiger partial charge in [0, 0.05) is 55.2 Å². The average molecular weight is 419 g/mol. The fraction of sp³-hybridized carbons (Fsp3) is 0.435. The van der Waals surface area contributed by atoms with Gasteiger partial charge in [-0.25, -0.2) is 14.8 Å². The van der Waals surface area contributed by atoms with E-state index < -0.39 is 0 Å².